The number of benzene rings is 1. The molecule has 1 rings (SSSR count). The number of nitrogens with one attached hydrogen (secondary N) is 1. The maximum atomic E-state index is 12.4. The number of hydrogen-bond donors (Lipinski definition) is 2. The standard InChI is InChI=1S/C16H18F7NO4/c1-15(26,8-16(21,22)23)6-12(25)24-11(7-27-13(17)18)9-3-2-4-10(5-9)28-14(19)20/h2-5,11,13-14,26H,6-8H2,1H3,(H,24,25). The fourth-order valence-electron chi connectivity index (χ4n) is 2.38. The number of halogens is 7. The molecule has 12 heteroatoms. The van der Waals surface area contributed by atoms with Crippen LogP contribution in [0.1, 0.15) is 31.4 Å². The number of alkyl halides is 7. The minimum atomic E-state index is -4.73. The Hall–Kier alpha value is -2.08. The van der Waals surface area contributed by atoms with E-state index in [4.69, 9.17) is 0 Å². The molecule has 0 radical (unpaired) electrons. The van der Waals surface area contributed by atoms with Crippen molar-refractivity contribution < 1.29 is 50.1 Å². The lowest BCUT2D eigenvalue weighted by Crippen LogP contribution is -2.40. The first-order valence-electron chi connectivity index (χ1n) is 7.80. The number of carbonyl (C=O) groups excluding carboxylic acids is 1. The fraction of sp³-hybridized carbons (Fsp3) is 0.562. The zero-order chi connectivity index (χ0) is 21.5. The molecule has 1 aromatic carbocycles. The lowest BCUT2D eigenvalue weighted by Gasteiger charge is -2.26. The van der Waals surface area contributed by atoms with E-state index in [0.29, 0.717) is 0 Å². The van der Waals surface area contributed by atoms with Crippen LogP contribution in [-0.2, 0) is 9.53 Å². The van der Waals surface area contributed by atoms with Crippen molar-refractivity contribution in [2.24, 2.45) is 0 Å². The van der Waals surface area contributed by atoms with E-state index in [1.807, 2.05) is 0 Å². The van der Waals surface area contributed by atoms with Crippen LogP contribution in [0.25, 0.3) is 0 Å². The first-order valence-corrected chi connectivity index (χ1v) is 7.80. The van der Waals surface area contributed by atoms with Gasteiger partial charge in [-0.15, -0.1) is 0 Å². The van der Waals surface area contributed by atoms with Crippen LogP contribution < -0.4 is 10.1 Å². The molecule has 2 atom stereocenters. The maximum Gasteiger partial charge on any atom is 0.391 e. The molecule has 0 spiro atoms. The molecule has 0 saturated heterocycles. The summed E-state index contributed by atoms with van der Waals surface area (Å²) in [5.41, 5.74) is -2.40. The molecule has 2 N–H and O–H groups in total. The van der Waals surface area contributed by atoms with Gasteiger partial charge < -0.3 is 19.9 Å². The van der Waals surface area contributed by atoms with Crippen LogP contribution in [0.15, 0.2) is 24.3 Å². The van der Waals surface area contributed by atoms with Crippen molar-refractivity contribution in [2.45, 2.75) is 50.8 Å². The van der Waals surface area contributed by atoms with Gasteiger partial charge in [-0.3, -0.25) is 4.79 Å². The second-order valence-electron chi connectivity index (χ2n) is 6.13. The van der Waals surface area contributed by atoms with Crippen molar-refractivity contribution in [3.8, 4) is 5.75 Å². The van der Waals surface area contributed by atoms with Crippen molar-refractivity contribution in [1.82, 2.24) is 5.32 Å². The Labute approximate surface area is 155 Å². The van der Waals surface area contributed by atoms with Crippen LogP contribution in [0.3, 0.4) is 0 Å². The molecule has 160 valence electrons. The van der Waals surface area contributed by atoms with E-state index < -0.39 is 56.4 Å². The highest BCUT2D eigenvalue weighted by Crippen LogP contribution is 2.30. The summed E-state index contributed by atoms with van der Waals surface area (Å²) in [6.45, 7) is -6.38. The van der Waals surface area contributed by atoms with Gasteiger partial charge in [-0.25, -0.2) is 0 Å². The highest BCUT2D eigenvalue weighted by atomic mass is 19.4. The molecule has 5 nitrogen and oxygen atoms in total. The van der Waals surface area contributed by atoms with Gasteiger partial charge in [-0.2, -0.15) is 30.7 Å². The van der Waals surface area contributed by atoms with Gasteiger partial charge in [0.15, 0.2) is 0 Å². The van der Waals surface area contributed by atoms with E-state index in [-0.39, 0.29) is 11.3 Å². The van der Waals surface area contributed by atoms with Crippen LogP contribution in [0.2, 0.25) is 0 Å². The largest absolute Gasteiger partial charge is 0.435 e. The van der Waals surface area contributed by atoms with Crippen LogP contribution in [-0.4, -0.2) is 42.6 Å². The molecule has 0 fully saturated rings. The topological polar surface area (TPSA) is 67.8 Å². The molecule has 28 heavy (non-hydrogen) atoms. The summed E-state index contributed by atoms with van der Waals surface area (Å²) in [5, 5.41) is 11.9. The van der Waals surface area contributed by atoms with Crippen LogP contribution in [0.4, 0.5) is 30.7 Å². The van der Waals surface area contributed by atoms with Crippen molar-refractivity contribution in [2.75, 3.05) is 6.61 Å². The minimum absolute atomic E-state index is 0.0302. The predicted molar refractivity (Wildman–Crippen MR) is 81.8 cm³/mol. The first-order chi connectivity index (χ1) is 12.8. The monoisotopic (exact) mass is 421 g/mol. The van der Waals surface area contributed by atoms with Gasteiger partial charge >= 0.3 is 19.4 Å². The Balaban J connectivity index is 2.91. The number of aliphatic hydroxyl groups is 1. The lowest BCUT2D eigenvalue weighted by molar-refractivity contribution is -0.175. The number of rotatable bonds is 10. The van der Waals surface area contributed by atoms with Gasteiger partial charge in [0.05, 0.1) is 31.1 Å². The highest BCUT2D eigenvalue weighted by molar-refractivity contribution is 5.77. The molecule has 0 aliphatic heterocycles. The SMILES string of the molecule is CC(O)(CC(=O)NC(COC(F)F)c1cccc(OC(F)F)c1)CC(F)(F)F. The van der Waals surface area contributed by atoms with Gasteiger partial charge in [-0.1, -0.05) is 12.1 Å². The minimum Gasteiger partial charge on any atom is -0.435 e. The van der Waals surface area contributed by atoms with Crippen molar-refractivity contribution >= 4 is 5.91 Å². The summed E-state index contributed by atoms with van der Waals surface area (Å²) >= 11 is 0. The summed E-state index contributed by atoms with van der Waals surface area (Å²) in [4.78, 5) is 12.0. The van der Waals surface area contributed by atoms with E-state index in [1.54, 1.807) is 0 Å². The second kappa shape index (κ2) is 9.92. The summed E-state index contributed by atoms with van der Waals surface area (Å²) in [6, 6.07) is 3.39. The molecule has 0 bridgehead atoms. The third kappa shape index (κ3) is 9.74. The Morgan fingerprint density at radius 1 is 1.18 bits per heavy atom. The summed E-state index contributed by atoms with van der Waals surface area (Å²) in [6.07, 6.45) is -7.38. The quantitative estimate of drug-likeness (QED) is 0.565. The normalized spacial score (nSPS) is 15.4. The average molecular weight is 421 g/mol. The Kier molecular flexibility index (Phi) is 8.48. The van der Waals surface area contributed by atoms with Crippen molar-refractivity contribution in [3.63, 3.8) is 0 Å². The van der Waals surface area contributed by atoms with Crippen molar-refractivity contribution in [3.05, 3.63) is 29.8 Å². The Bertz CT molecular complexity index is 638. The Morgan fingerprint density at radius 2 is 1.82 bits per heavy atom. The molecule has 0 saturated carbocycles. The smallest absolute Gasteiger partial charge is 0.391 e. The number of amides is 1. The average Bonchev–Trinajstić information content (AvgIpc) is 2.47. The molecule has 0 aliphatic rings. The van der Waals surface area contributed by atoms with Crippen molar-refractivity contribution in [1.29, 1.82) is 0 Å². The van der Waals surface area contributed by atoms with Crippen LogP contribution in [0, 0.1) is 0 Å². The fourth-order valence-corrected chi connectivity index (χ4v) is 2.38. The summed E-state index contributed by atoms with van der Waals surface area (Å²) in [7, 11) is 0. The van der Waals surface area contributed by atoms with E-state index in [9.17, 15) is 40.6 Å². The summed E-state index contributed by atoms with van der Waals surface area (Å²) in [5.74, 6) is -1.41. The summed E-state index contributed by atoms with van der Waals surface area (Å²) < 4.78 is 94.8. The molecule has 2 unspecified atom stereocenters. The van der Waals surface area contributed by atoms with E-state index in [2.05, 4.69) is 14.8 Å². The Morgan fingerprint density at radius 3 is 2.36 bits per heavy atom. The molecule has 0 heterocycles. The van der Waals surface area contributed by atoms with E-state index in [1.165, 1.54) is 12.1 Å². The number of hydrogen-bond acceptors (Lipinski definition) is 4. The maximum absolute atomic E-state index is 12.4. The third-order valence-electron chi connectivity index (χ3n) is 3.33. The zero-order valence-electron chi connectivity index (χ0n) is 14.5. The zero-order valence-corrected chi connectivity index (χ0v) is 14.5. The highest BCUT2D eigenvalue weighted by Gasteiger charge is 2.39. The van der Waals surface area contributed by atoms with E-state index >= 15 is 0 Å². The first kappa shape index (κ1) is 24.0. The van der Waals surface area contributed by atoms with Gasteiger partial charge in [0, 0.05) is 0 Å². The molecule has 0 aliphatic carbocycles. The predicted octanol–water partition coefficient (Wildman–Crippen LogP) is 3.78. The molecule has 0 aromatic heterocycles. The second-order valence-corrected chi connectivity index (χ2v) is 6.13. The van der Waals surface area contributed by atoms with Crippen LogP contribution in [0.5, 0.6) is 5.75 Å². The molecule has 1 aromatic rings. The van der Waals surface area contributed by atoms with Gasteiger partial charge in [0.2, 0.25) is 5.91 Å². The van der Waals surface area contributed by atoms with Gasteiger partial charge in [-0.05, 0) is 24.6 Å². The molecule has 1 amide bonds. The molecular formula is C16H18F7NO4. The lowest BCUT2D eigenvalue weighted by atomic mass is 9.97. The number of ether oxygens (including phenoxy) is 2. The molecular weight excluding hydrogens is 403 g/mol. The number of carbonyl (C=O) groups is 1. The van der Waals surface area contributed by atoms with Gasteiger partial charge in [0.25, 0.3) is 0 Å². The third-order valence-corrected chi connectivity index (χ3v) is 3.33. The van der Waals surface area contributed by atoms with E-state index in [0.717, 1.165) is 19.1 Å². The van der Waals surface area contributed by atoms with Crippen LogP contribution >= 0.6 is 0 Å². The van der Waals surface area contributed by atoms with Gasteiger partial charge in [0.1, 0.15) is 5.75 Å².